The molecule has 0 spiro atoms. The molecule has 1 aliphatic heterocycles. The Labute approximate surface area is 145 Å². The molecule has 2 heterocycles. The zero-order valence-corrected chi connectivity index (χ0v) is 14.2. The van der Waals surface area contributed by atoms with Crippen molar-refractivity contribution >= 4 is 11.7 Å². The van der Waals surface area contributed by atoms with Gasteiger partial charge in [0.05, 0.1) is 6.54 Å². The predicted molar refractivity (Wildman–Crippen MR) is 90.1 cm³/mol. The Balaban J connectivity index is 1.68. The van der Waals surface area contributed by atoms with Crippen LogP contribution in [0.1, 0.15) is 31.2 Å². The second-order valence-electron chi connectivity index (χ2n) is 6.40. The molecule has 3 rings (SSSR count). The third-order valence-electron chi connectivity index (χ3n) is 4.19. The van der Waals surface area contributed by atoms with Crippen molar-refractivity contribution in [1.29, 1.82) is 0 Å². The summed E-state index contributed by atoms with van der Waals surface area (Å²) in [6.07, 6.45) is 1.70. The number of piperazine rings is 1. The molecule has 0 aliphatic carbocycles. The van der Waals surface area contributed by atoms with E-state index in [2.05, 4.69) is 9.97 Å². The Morgan fingerprint density at radius 2 is 2.00 bits per heavy atom. The molecule has 132 valence electrons. The van der Waals surface area contributed by atoms with Gasteiger partial charge in [-0.3, -0.25) is 4.79 Å². The molecule has 2 aromatic rings. The topological polar surface area (TPSA) is 49.3 Å². The van der Waals surface area contributed by atoms with Gasteiger partial charge in [0.1, 0.15) is 23.3 Å². The van der Waals surface area contributed by atoms with E-state index in [0.29, 0.717) is 18.7 Å². The monoisotopic (exact) mass is 346 g/mol. The maximum absolute atomic E-state index is 13.8. The quantitative estimate of drug-likeness (QED) is 0.854. The lowest BCUT2D eigenvalue weighted by atomic mass is 10.1. The average Bonchev–Trinajstić information content (AvgIpc) is 2.59. The lowest BCUT2D eigenvalue weighted by Crippen LogP contribution is -2.50. The number of carbonyl (C=O) groups is 1. The molecule has 5 nitrogen and oxygen atoms in total. The van der Waals surface area contributed by atoms with Crippen LogP contribution in [0, 0.1) is 11.6 Å². The summed E-state index contributed by atoms with van der Waals surface area (Å²) in [7, 11) is 0. The summed E-state index contributed by atoms with van der Waals surface area (Å²) in [5, 5.41) is 0. The van der Waals surface area contributed by atoms with Gasteiger partial charge in [-0.25, -0.2) is 18.7 Å². The van der Waals surface area contributed by atoms with E-state index in [0.717, 1.165) is 17.7 Å². The summed E-state index contributed by atoms with van der Waals surface area (Å²) < 4.78 is 26.8. The number of hydrogen-bond donors (Lipinski definition) is 0. The van der Waals surface area contributed by atoms with Gasteiger partial charge >= 0.3 is 0 Å². The molecule has 1 aliphatic rings. The zero-order valence-electron chi connectivity index (χ0n) is 14.2. The lowest BCUT2D eigenvalue weighted by molar-refractivity contribution is -0.131. The molecule has 0 atom stereocenters. The largest absolute Gasteiger partial charge is 0.345 e. The highest BCUT2D eigenvalue weighted by molar-refractivity contribution is 5.82. The summed E-state index contributed by atoms with van der Waals surface area (Å²) in [6, 6.07) is 5.20. The molecular formula is C18H20F2N4O. The van der Waals surface area contributed by atoms with Gasteiger partial charge in [-0.2, -0.15) is 0 Å². The molecule has 0 saturated carbocycles. The van der Waals surface area contributed by atoms with Gasteiger partial charge in [0, 0.05) is 43.4 Å². The summed E-state index contributed by atoms with van der Waals surface area (Å²) >= 11 is 0. The van der Waals surface area contributed by atoms with Gasteiger partial charge < -0.3 is 9.80 Å². The van der Waals surface area contributed by atoms with E-state index < -0.39 is 11.6 Å². The first-order valence-electron chi connectivity index (χ1n) is 8.23. The maximum atomic E-state index is 13.8. The smallest absolute Gasteiger partial charge is 0.242 e. The minimum Gasteiger partial charge on any atom is -0.345 e. The summed E-state index contributed by atoms with van der Waals surface area (Å²) in [5.74, 6) is 0.299. The number of anilines is 1. The van der Waals surface area contributed by atoms with Crippen molar-refractivity contribution in [2.45, 2.75) is 26.3 Å². The molecule has 0 N–H and O–H groups in total. The Morgan fingerprint density at radius 1 is 1.20 bits per heavy atom. The van der Waals surface area contributed by atoms with Crippen LogP contribution < -0.4 is 4.90 Å². The zero-order chi connectivity index (χ0) is 18.0. The standard InChI is InChI=1S/C18H20F2N4O/c1-12(2)18-21-6-5-16(22-18)23-7-8-24(17(25)11-23)10-13-3-4-14(19)9-15(13)20/h3-6,9,12H,7-8,10-11H2,1-2H3. The van der Waals surface area contributed by atoms with Gasteiger partial charge in [0.15, 0.2) is 0 Å². The van der Waals surface area contributed by atoms with Crippen LogP contribution in [0.25, 0.3) is 0 Å². The number of carbonyl (C=O) groups excluding carboxylic acids is 1. The first-order chi connectivity index (χ1) is 11.9. The Kier molecular flexibility index (Phi) is 4.92. The van der Waals surface area contributed by atoms with Crippen molar-refractivity contribution in [2.75, 3.05) is 24.5 Å². The molecule has 1 fully saturated rings. The van der Waals surface area contributed by atoms with Crippen LogP contribution in [0.3, 0.4) is 0 Å². The maximum Gasteiger partial charge on any atom is 0.242 e. The fourth-order valence-electron chi connectivity index (χ4n) is 2.74. The van der Waals surface area contributed by atoms with Gasteiger partial charge in [0.25, 0.3) is 0 Å². The van der Waals surface area contributed by atoms with Gasteiger partial charge in [-0.05, 0) is 12.1 Å². The van der Waals surface area contributed by atoms with Crippen molar-refractivity contribution in [1.82, 2.24) is 14.9 Å². The van der Waals surface area contributed by atoms with Crippen LogP contribution in [0.5, 0.6) is 0 Å². The van der Waals surface area contributed by atoms with E-state index in [1.54, 1.807) is 17.2 Å². The normalized spacial score (nSPS) is 15.2. The van der Waals surface area contributed by atoms with Crippen molar-refractivity contribution in [3.05, 3.63) is 53.5 Å². The predicted octanol–water partition coefficient (Wildman–Crippen LogP) is 2.73. The first-order valence-corrected chi connectivity index (χ1v) is 8.23. The molecule has 1 amide bonds. The fourth-order valence-corrected chi connectivity index (χ4v) is 2.74. The highest BCUT2D eigenvalue weighted by Crippen LogP contribution is 2.19. The molecule has 0 unspecified atom stereocenters. The van der Waals surface area contributed by atoms with Crippen molar-refractivity contribution in [3.63, 3.8) is 0 Å². The number of nitrogens with zero attached hydrogens (tertiary/aromatic N) is 4. The molecule has 0 radical (unpaired) electrons. The number of rotatable bonds is 4. The Morgan fingerprint density at radius 3 is 2.68 bits per heavy atom. The third-order valence-corrected chi connectivity index (χ3v) is 4.19. The van der Waals surface area contributed by atoms with E-state index in [1.807, 2.05) is 18.7 Å². The number of halogens is 2. The Bertz CT molecular complexity index is 781. The van der Waals surface area contributed by atoms with Crippen molar-refractivity contribution in [2.24, 2.45) is 0 Å². The van der Waals surface area contributed by atoms with Crippen LogP contribution in [-0.2, 0) is 11.3 Å². The number of benzene rings is 1. The van der Waals surface area contributed by atoms with E-state index >= 15 is 0 Å². The molecule has 1 aromatic heterocycles. The summed E-state index contributed by atoms with van der Waals surface area (Å²) in [6.45, 7) is 5.40. The van der Waals surface area contributed by atoms with Crippen LogP contribution >= 0.6 is 0 Å². The minimum atomic E-state index is -0.632. The Hall–Kier alpha value is -2.57. The van der Waals surface area contributed by atoms with Gasteiger partial charge in [-0.15, -0.1) is 0 Å². The van der Waals surface area contributed by atoms with Crippen LogP contribution in [0.2, 0.25) is 0 Å². The second kappa shape index (κ2) is 7.13. The SMILES string of the molecule is CC(C)c1nccc(N2CCN(Cc3ccc(F)cc3F)C(=O)C2)n1. The number of amides is 1. The second-order valence-corrected chi connectivity index (χ2v) is 6.40. The van der Waals surface area contributed by atoms with Crippen molar-refractivity contribution < 1.29 is 13.6 Å². The molecule has 25 heavy (non-hydrogen) atoms. The third kappa shape index (κ3) is 3.92. The highest BCUT2D eigenvalue weighted by Gasteiger charge is 2.26. The molecule has 1 aromatic carbocycles. The molecule has 0 bridgehead atoms. The summed E-state index contributed by atoms with van der Waals surface area (Å²) in [5.41, 5.74) is 0.312. The number of hydrogen-bond acceptors (Lipinski definition) is 4. The van der Waals surface area contributed by atoms with Crippen LogP contribution in [0.15, 0.2) is 30.5 Å². The minimum absolute atomic E-state index is 0.111. The number of aromatic nitrogens is 2. The van der Waals surface area contributed by atoms with E-state index in [-0.39, 0.29) is 24.9 Å². The van der Waals surface area contributed by atoms with E-state index in [1.165, 1.54) is 12.1 Å². The average molecular weight is 346 g/mol. The molecular weight excluding hydrogens is 326 g/mol. The van der Waals surface area contributed by atoms with Gasteiger partial charge in [-0.1, -0.05) is 19.9 Å². The van der Waals surface area contributed by atoms with Crippen LogP contribution in [0.4, 0.5) is 14.6 Å². The van der Waals surface area contributed by atoms with E-state index in [9.17, 15) is 13.6 Å². The van der Waals surface area contributed by atoms with Crippen LogP contribution in [-0.4, -0.2) is 40.4 Å². The molecule has 7 heteroatoms. The van der Waals surface area contributed by atoms with Crippen molar-refractivity contribution in [3.8, 4) is 0 Å². The van der Waals surface area contributed by atoms with Gasteiger partial charge in [0.2, 0.25) is 5.91 Å². The molecule has 1 saturated heterocycles. The van der Waals surface area contributed by atoms with E-state index in [4.69, 9.17) is 0 Å². The fraction of sp³-hybridized carbons (Fsp3) is 0.389. The first kappa shape index (κ1) is 17.3. The summed E-state index contributed by atoms with van der Waals surface area (Å²) in [4.78, 5) is 24.6. The highest BCUT2D eigenvalue weighted by atomic mass is 19.1. The lowest BCUT2D eigenvalue weighted by Gasteiger charge is -2.35.